The summed E-state index contributed by atoms with van der Waals surface area (Å²) in [6, 6.07) is 47.2. The SMILES string of the molecule is c1ccc(-c2cc(-c3ccccn3)cc3cc4c(-c5ccccc5)cc(-c5ccccn5)cc4cc23)cc1. The molecule has 0 unspecified atom stereocenters. The molecule has 2 nitrogen and oxygen atoms in total. The Kier molecular flexibility index (Phi) is 5.49. The van der Waals surface area contributed by atoms with E-state index in [9.17, 15) is 0 Å². The summed E-state index contributed by atoms with van der Waals surface area (Å²) in [5, 5.41) is 4.84. The van der Waals surface area contributed by atoms with Crippen LogP contribution in [0, 0.1) is 0 Å². The first-order chi connectivity index (χ1) is 18.8. The summed E-state index contributed by atoms with van der Waals surface area (Å²) in [7, 11) is 0. The van der Waals surface area contributed by atoms with E-state index in [4.69, 9.17) is 0 Å². The van der Waals surface area contributed by atoms with Gasteiger partial charge >= 0.3 is 0 Å². The molecule has 2 aromatic heterocycles. The van der Waals surface area contributed by atoms with Crippen molar-refractivity contribution in [2.45, 2.75) is 0 Å². The Hall–Kier alpha value is -5.08. The summed E-state index contributed by atoms with van der Waals surface area (Å²) in [4.78, 5) is 9.31. The first-order valence-corrected chi connectivity index (χ1v) is 12.8. The Balaban J connectivity index is 1.57. The maximum Gasteiger partial charge on any atom is 0.0702 e. The molecule has 0 aliphatic carbocycles. The van der Waals surface area contributed by atoms with Crippen LogP contribution in [0.15, 0.2) is 146 Å². The fourth-order valence-corrected chi connectivity index (χ4v) is 5.30. The summed E-state index contributed by atoms with van der Waals surface area (Å²) in [6.45, 7) is 0. The van der Waals surface area contributed by atoms with Crippen molar-refractivity contribution in [1.29, 1.82) is 0 Å². The van der Waals surface area contributed by atoms with Crippen molar-refractivity contribution in [3.8, 4) is 44.8 Å². The van der Waals surface area contributed by atoms with Crippen LogP contribution in [0.2, 0.25) is 0 Å². The second-order valence-electron chi connectivity index (χ2n) is 9.50. The molecule has 0 aliphatic rings. The lowest BCUT2D eigenvalue weighted by molar-refractivity contribution is 1.33. The van der Waals surface area contributed by atoms with Crippen molar-refractivity contribution < 1.29 is 0 Å². The van der Waals surface area contributed by atoms with Crippen LogP contribution in [0.1, 0.15) is 0 Å². The van der Waals surface area contributed by atoms with Gasteiger partial charge in [-0.05, 0) is 104 Å². The Bertz CT molecular complexity index is 1740. The van der Waals surface area contributed by atoms with Gasteiger partial charge in [-0.2, -0.15) is 0 Å². The summed E-state index contributed by atoms with van der Waals surface area (Å²) in [5.41, 5.74) is 8.97. The third-order valence-corrected chi connectivity index (χ3v) is 7.11. The van der Waals surface area contributed by atoms with E-state index in [1.807, 2.05) is 36.7 Å². The van der Waals surface area contributed by atoms with Crippen LogP contribution >= 0.6 is 0 Å². The van der Waals surface area contributed by atoms with E-state index in [0.29, 0.717) is 0 Å². The minimum Gasteiger partial charge on any atom is -0.256 e. The highest BCUT2D eigenvalue weighted by molar-refractivity contribution is 6.11. The summed E-state index contributed by atoms with van der Waals surface area (Å²) in [5.74, 6) is 0. The molecule has 0 amide bonds. The largest absolute Gasteiger partial charge is 0.256 e. The van der Waals surface area contributed by atoms with Crippen LogP contribution in [0.3, 0.4) is 0 Å². The zero-order chi connectivity index (χ0) is 25.3. The van der Waals surface area contributed by atoms with Crippen LogP contribution in [0.25, 0.3) is 66.3 Å². The lowest BCUT2D eigenvalue weighted by Crippen LogP contribution is -1.90. The van der Waals surface area contributed by atoms with Crippen LogP contribution in [0.4, 0.5) is 0 Å². The molecule has 5 aromatic carbocycles. The molecule has 2 heterocycles. The van der Waals surface area contributed by atoms with Gasteiger partial charge in [-0.1, -0.05) is 72.8 Å². The first-order valence-electron chi connectivity index (χ1n) is 12.8. The fourth-order valence-electron chi connectivity index (χ4n) is 5.30. The molecule has 0 spiro atoms. The van der Waals surface area contributed by atoms with Gasteiger partial charge in [0.25, 0.3) is 0 Å². The Morgan fingerprint density at radius 2 is 0.763 bits per heavy atom. The van der Waals surface area contributed by atoms with E-state index in [1.165, 1.54) is 43.8 Å². The predicted octanol–water partition coefficient (Wildman–Crippen LogP) is 9.45. The Morgan fingerprint density at radius 3 is 1.16 bits per heavy atom. The third kappa shape index (κ3) is 4.03. The molecule has 0 saturated carbocycles. The molecule has 7 aromatic rings. The number of rotatable bonds is 4. The normalized spacial score (nSPS) is 11.2. The summed E-state index contributed by atoms with van der Waals surface area (Å²) >= 11 is 0. The molecular formula is C36H24N2. The molecule has 0 radical (unpaired) electrons. The molecule has 0 bridgehead atoms. The molecule has 0 atom stereocenters. The number of nitrogens with zero attached hydrogens (tertiary/aromatic N) is 2. The van der Waals surface area contributed by atoms with Gasteiger partial charge in [-0.3, -0.25) is 9.97 Å². The van der Waals surface area contributed by atoms with Gasteiger partial charge in [-0.15, -0.1) is 0 Å². The van der Waals surface area contributed by atoms with Crippen molar-refractivity contribution in [3.63, 3.8) is 0 Å². The minimum absolute atomic E-state index is 0.973. The maximum absolute atomic E-state index is 4.66. The van der Waals surface area contributed by atoms with Crippen molar-refractivity contribution in [1.82, 2.24) is 9.97 Å². The van der Waals surface area contributed by atoms with Crippen molar-refractivity contribution in [3.05, 3.63) is 146 Å². The monoisotopic (exact) mass is 484 g/mol. The number of benzene rings is 5. The zero-order valence-electron chi connectivity index (χ0n) is 20.8. The summed E-state index contributed by atoms with van der Waals surface area (Å²) < 4.78 is 0. The van der Waals surface area contributed by atoms with E-state index >= 15 is 0 Å². The highest BCUT2D eigenvalue weighted by Gasteiger charge is 2.14. The van der Waals surface area contributed by atoms with Crippen LogP contribution in [0.5, 0.6) is 0 Å². The van der Waals surface area contributed by atoms with Gasteiger partial charge in [0.05, 0.1) is 11.4 Å². The standard InChI is InChI=1S/C36H24N2/c1-3-11-25(12-4-1)31-23-29(35-15-7-9-17-37-35)19-27-22-34-28(21-33(27)31)20-30(36-16-8-10-18-38-36)24-32(34)26-13-5-2-6-14-26/h1-24H. The van der Waals surface area contributed by atoms with Crippen LogP contribution in [-0.4, -0.2) is 9.97 Å². The minimum atomic E-state index is 0.973. The van der Waals surface area contributed by atoms with Crippen LogP contribution in [-0.2, 0) is 0 Å². The van der Waals surface area contributed by atoms with Crippen molar-refractivity contribution >= 4 is 21.5 Å². The molecule has 0 N–H and O–H groups in total. The van der Waals surface area contributed by atoms with Crippen molar-refractivity contribution in [2.24, 2.45) is 0 Å². The average molecular weight is 485 g/mol. The van der Waals surface area contributed by atoms with E-state index < -0.39 is 0 Å². The lowest BCUT2D eigenvalue weighted by atomic mass is 9.89. The molecular weight excluding hydrogens is 460 g/mol. The second kappa shape index (κ2) is 9.42. The molecule has 0 saturated heterocycles. The molecule has 38 heavy (non-hydrogen) atoms. The smallest absolute Gasteiger partial charge is 0.0702 e. The Morgan fingerprint density at radius 1 is 0.342 bits per heavy atom. The first kappa shape index (κ1) is 22.1. The molecule has 0 fully saturated rings. The number of hydrogen-bond acceptors (Lipinski definition) is 2. The summed E-state index contributed by atoms with van der Waals surface area (Å²) in [6.07, 6.45) is 3.71. The van der Waals surface area contributed by atoms with Gasteiger partial charge < -0.3 is 0 Å². The third-order valence-electron chi connectivity index (χ3n) is 7.11. The van der Waals surface area contributed by atoms with Gasteiger partial charge in [0.15, 0.2) is 0 Å². The molecule has 7 rings (SSSR count). The van der Waals surface area contributed by atoms with Crippen LogP contribution < -0.4 is 0 Å². The second-order valence-corrected chi connectivity index (χ2v) is 9.50. The zero-order valence-corrected chi connectivity index (χ0v) is 20.8. The lowest BCUT2D eigenvalue weighted by Gasteiger charge is -2.15. The Labute approximate surface area is 221 Å². The van der Waals surface area contributed by atoms with Gasteiger partial charge in [0.2, 0.25) is 0 Å². The van der Waals surface area contributed by atoms with Gasteiger partial charge in [0.1, 0.15) is 0 Å². The highest BCUT2D eigenvalue weighted by Crippen LogP contribution is 2.40. The topological polar surface area (TPSA) is 25.8 Å². The number of hydrogen-bond donors (Lipinski definition) is 0. The molecule has 0 aliphatic heterocycles. The predicted molar refractivity (Wildman–Crippen MR) is 159 cm³/mol. The number of aromatic nitrogens is 2. The van der Waals surface area contributed by atoms with E-state index in [0.717, 1.165) is 22.5 Å². The van der Waals surface area contributed by atoms with E-state index in [1.54, 1.807) is 0 Å². The van der Waals surface area contributed by atoms with E-state index in [2.05, 4.69) is 119 Å². The van der Waals surface area contributed by atoms with Gasteiger partial charge in [0, 0.05) is 23.5 Å². The molecule has 178 valence electrons. The highest BCUT2D eigenvalue weighted by atomic mass is 14.7. The van der Waals surface area contributed by atoms with E-state index in [-0.39, 0.29) is 0 Å². The average Bonchev–Trinajstić information content (AvgIpc) is 3.01. The van der Waals surface area contributed by atoms with Gasteiger partial charge in [-0.25, -0.2) is 0 Å². The molecule has 2 heteroatoms. The fraction of sp³-hybridized carbons (Fsp3) is 0. The maximum atomic E-state index is 4.66. The number of fused-ring (bicyclic) bond motifs is 2. The number of pyridine rings is 2. The van der Waals surface area contributed by atoms with Crippen molar-refractivity contribution in [2.75, 3.05) is 0 Å². The quantitative estimate of drug-likeness (QED) is 0.233.